The van der Waals surface area contributed by atoms with Crippen LogP contribution in [0.15, 0.2) is 29.2 Å². The van der Waals surface area contributed by atoms with Crippen molar-refractivity contribution in [2.24, 2.45) is 11.7 Å². The van der Waals surface area contributed by atoms with E-state index < -0.39 is 34.1 Å². The molecule has 2 amide bonds. The fraction of sp³-hybridized carbons (Fsp3) is 0.607. The average Bonchev–Trinajstić information content (AvgIpc) is 3.61. The first kappa shape index (κ1) is 33.4. The largest absolute Gasteiger partial charge is 0.383 e. The number of halogens is 1. The number of carbonyl (C=O) groups is 2. The van der Waals surface area contributed by atoms with E-state index >= 15 is 0 Å². The van der Waals surface area contributed by atoms with Gasteiger partial charge in [0.15, 0.2) is 0 Å². The molecule has 0 aromatic heterocycles. The predicted molar refractivity (Wildman–Crippen MR) is 169 cm³/mol. The highest BCUT2D eigenvalue weighted by Gasteiger charge is 2.43. The highest BCUT2D eigenvalue weighted by molar-refractivity contribution is 8.04. The van der Waals surface area contributed by atoms with E-state index in [9.17, 15) is 22.4 Å². The zero-order chi connectivity index (χ0) is 31.1. The van der Waals surface area contributed by atoms with Crippen molar-refractivity contribution in [2.75, 3.05) is 32.4 Å². The van der Waals surface area contributed by atoms with Gasteiger partial charge in [-0.1, -0.05) is 23.7 Å². The van der Waals surface area contributed by atoms with Gasteiger partial charge in [-0.05, 0) is 57.2 Å². The number of benzene rings is 1. The number of allylic oxidation sites excluding steroid dienone is 1. The summed E-state index contributed by atoms with van der Waals surface area (Å²) in [6.45, 7) is 2.13. The number of amidine groups is 1. The minimum atomic E-state index is -3.71. The third-order valence-electron chi connectivity index (χ3n) is 8.08. The van der Waals surface area contributed by atoms with E-state index in [4.69, 9.17) is 15.9 Å². The topological polar surface area (TPSA) is 167 Å². The molecule has 0 radical (unpaired) electrons. The fourth-order valence-electron chi connectivity index (χ4n) is 5.80. The van der Waals surface area contributed by atoms with Crippen LogP contribution in [0.2, 0.25) is 0 Å². The summed E-state index contributed by atoms with van der Waals surface area (Å²) in [5.74, 6) is -0.904. The maximum Gasteiger partial charge on any atom is 0.242 e. The molecule has 236 valence electrons. The van der Waals surface area contributed by atoms with E-state index in [1.54, 1.807) is 20.0 Å². The Morgan fingerprint density at radius 2 is 2.16 bits per heavy atom. The van der Waals surface area contributed by atoms with Crippen molar-refractivity contribution in [1.82, 2.24) is 20.3 Å². The van der Waals surface area contributed by atoms with Crippen LogP contribution >= 0.6 is 11.8 Å². The molecular weight excluding hydrogens is 594 g/mol. The Labute approximate surface area is 258 Å². The molecule has 1 aromatic carbocycles. The number of hydrogen-bond acceptors (Lipinski definition) is 8. The highest BCUT2D eigenvalue weighted by Crippen LogP contribution is 2.32. The lowest BCUT2D eigenvalue weighted by molar-refractivity contribution is -0.140. The molecule has 4 rings (SSSR count). The van der Waals surface area contributed by atoms with E-state index in [1.807, 2.05) is 6.08 Å². The number of nitrogens with zero attached hydrogens (tertiary/aromatic N) is 1. The van der Waals surface area contributed by atoms with Crippen LogP contribution in [0.3, 0.4) is 0 Å². The molecule has 11 nitrogen and oxygen atoms in total. The van der Waals surface area contributed by atoms with E-state index in [0.717, 1.165) is 37.6 Å². The van der Waals surface area contributed by atoms with Crippen LogP contribution in [0, 0.1) is 17.1 Å². The Kier molecular flexibility index (Phi) is 11.7. The first-order chi connectivity index (χ1) is 20.4. The van der Waals surface area contributed by atoms with Gasteiger partial charge in [0.05, 0.1) is 19.0 Å². The van der Waals surface area contributed by atoms with Crippen LogP contribution in [-0.4, -0.2) is 94.7 Å². The van der Waals surface area contributed by atoms with Crippen molar-refractivity contribution in [3.05, 3.63) is 40.6 Å². The van der Waals surface area contributed by atoms with Crippen LogP contribution in [0.25, 0.3) is 0 Å². The highest BCUT2D eigenvalue weighted by atomic mass is 32.2. The lowest BCUT2D eigenvalue weighted by atomic mass is 9.92. The lowest BCUT2D eigenvalue weighted by Gasteiger charge is -2.30. The maximum atomic E-state index is 14.5. The molecule has 0 aliphatic carbocycles. The van der Waals surface area contributed by atoms with Gasteiger partial charge in [-0.2, -0.15) is 0 Å². The Hall–Kier alpha value is -2.46. The number of hydrogen-bond donors (Lipinski definition) is 5. The number of nitrogens with two attached hydrogens (primary N) is 1. The zero-order valence-corrected chi connectivity index (χ0v) is 26.4. The van der Waals surface area contributed by atoms with Gasteiger partial charge in [0.25, 0.3) is 0 Å². The summed E-state index contributed by atoms with van der Waals surface area (Å²) in [7, 11) is -1.92. The molecular formula is C28H42BFN6O5S2. The number of piperidine rings is 1. The first-order valence-electron chi connectivity index (χ1n) is 14.7. The van der Waals surface area contributed by atoms with E-state index in [0.29, 0.717) is 42.2 Å². The molecule has 1 unspecified atom stereocenters. The van der Waals surface area contributed by atoms with Crippen LogP contribution in [0.4, 0.5) is 4.39 Å². The Bertz CT molecular complexity index is 1330. The third kappa shape index (κ3) is 9.77. The van der Waals surface area contributed by atoms with E-state index in [1.165, 1.54) is 22.7 Å². The molecule has 15 heteroatoms. The smallest absolute Gasteiger partial charge is 0.242 e. The standard InChI is InChI=1S/C28H42BFN6O5S2/c1-43(39,40)35-23(8-4-17-3-2-10-33-13-17)28(38)36-15-20(41-16-18-5-6-19(29)11-22(18)30)12-24(36)27(37)34-14-21-7-9-25(42-21)26(31)32/h5-6,9,11,17,20-21,23-24,33,35H,2-4,7-8,10,12-16,29H2,1H3,(H3,31,32)(H,34,37)/t17-,20-,21?,23-,24+/m1/s1. The zero-order valence-electron chi connectivity index (χ0n) is 24.7. The number of carbonyl (C=O) groups excluding carboxylic acids is 2. The van der Waals surface area contributed by atoms with Crippen LogP contribution in [-0.2, 0) is 31.0 Å². The van der Waals surface area contributed by atoms with E-state index in [-0.39, 0.29) is 42.4 Å². The molecule has 3 heterocycles. The number of amides is 2. The van der Waals surface area contributed by atoms with Crippen molar-refractivity contribution < 1.29 is 27.1 Å². The van der Waals surface area contributed by atoms with Gasteiger partial charge in [0.1, 0.15) is 31.6 Å². The summed E-state index contributed by atoms with van der Waals surface area (Å²) in [4.78, 5) is 29.5. The van der Waals surface area contributed by atoms with Crippen molar-refractivity contribution in [1.29, 1.82) is 5.41 Å². The normalized spacial score (nSPS) is 24.9. The van der Waals surface area contributed by atoms with Crippen molar-refractivity contribution >= 4 is 52.7 Å². The molecule has 1 aromatic rings. The minimum Gasteiger partial charge on any atom is -0.383 e. The fourth-order valence-corrected chi connectivity index (χ4v) is 7.57. The second kappa shape index (κ2) is 15.0. The lowest BCUT2D eigenvalue weighted by Crippen LogP contribution is -2.54. The van der Waals surface area contributed by atoms with Gasteiger partial charge in [0, 0.05) is 35.2 Å². The van der Waals surface area contributed by atoms with Gasteiger partial charge in [0.2, 0.25) is 21.8 Å². The summed E-state index contributed by atoms with van der Waals surface area (Å²) in [6.07, 6.45) is 6.19. The Morgan fingerprint density at radius 3 is 2.81 bits per heavy atom. The second-order valence-electron chi connectivity index (χ2n) is 11.7. The molecule has 0 saturated carbocycles. The molecule has 2 saturated heterocycles. The van der Waals surface area contributed by atoms with Crippen LogP contribution < -0.4 is 26.6 Å². The number of likely N-dealkylation sites (tertiary alicyclic amines) is 1. The molecule has 3 aliphatic heterocycles. The van der Waals surface area contributed by atoms with Gasteiger partial charge in [-0.15, -0.1) is 11.8 Å². The van der Waals surface area contributed by atoms with Crippen LogP contribution in [0.5, 0.6) is 0 Å². The number of ether oxygens (including phenoxy) is 1. The monoisotopic (exact) mass is 636 g/mol. The molecule has 2 fully saturated rings. The molecule has 6 N–H and O–H groups in total. The first-order valence-corrected chi connectivity index (χ1v) is 17.5. The van der Waals surface area contributed by atoms with Crippen molar-refractivity contribution in [3.8, 4) is 0 Å². The summed E-state index contributed by atoms with van der Waals surface area (Å²) in [6, 6.07) is 2.97. The van der Waals surface area contributed by atoms with Crippen LogP contribution in [0.1, 0.15) is 44.1 Å². The number of sulfonamides is 1. The van der Waals surface area contributed by atoms with Crippen molar-refractivity contribution in [3.63, 3.8) is 0 Å². The Morgan fingerprint density at radius 1 is 1.37 bits per heavy atom. The second-order valence-corrected chi connectivity index (χ2v) is 14.8. The molecule has 5 atom stereocenters. The summed E-state index contributed by atoms with van der Waals surface area (Å²) in [5.41, 5.74) is 6.75. The minimum absolute atomic E-state index is 0.00807. The quantitative estimate of drug-likeness (QED) is 0.112. The Balaban J connectivity index is 1.46. The molecule has 0 bridgehead atoms. The van der Waals surface area contributed by atoms with Gasteiger partial charge >= 0.3 is 0 Å². The van der Waals surface area contributed by atoms with Gasteiger partial charge in [-0.25, -0.2) is 17.5 Å². The van der Waals surface area contributed by atoms with E-state index in [2.05, 4.69) is 15.4 Å². The molecule has 43 heavy (non-hydrogen) atoms. The molecule has 0 spiro atoms. The molecule has 3 aliphatic rings. The van der Waals surface area contributed by atoms with Gasteiger partial charge in [-0.3, -0.25) is 15.0 Å². The summed E-state index contributed by atoms with van der Waals surface area (Å²) >= 11 is 1.42. The number of nitrogens with one attached hydrogen (secondary N) is 4. The summed E-state index contributed by atoms with van der Waals surface area (Å²) < 4.78 is 47.5. The average molecular weight is 637 g/mol. The third-order valence-corrected chi connectivity index (χ3v) is 10.1. The number of thioether (sulfide) groups is 1. The SMILES string of the molecule is Bc1ccc(CO[C@@H]2C[C@@H](C(=O)NCC3CC=C(C(=N)N)S3)N(C(=O)[C@@H](CC[C@H]3CCCNC3)NS(C)(=O)=O)C2)c(F)c1. The van der Waals surface area contributed by atoms with Crippen molar-refractivity contribution in [2.45, 2.75) is 68.6 Å². The van der Waals surface area contributed by atoms with Gasteiger partial charge < -0.3 is 26.0 Å². The predicted octanol–water partition coefficient (Wildman–Crippen LogP) is -0.291. The summed E-state index contributed by atoms with van der Waals surface area (Å²) in [5, 5.41) is 13.9. The maximum absolute atomic E-state index is 14.5. The number of rotatable bonds is 13.